The minimum atomic E-state index is -0.265. The van der Waals surface area contributed by atoms with Gasteiger partial charge in [-0.15, -0.1) is 0 Å². The van der Waals surface area contributed by atoms with Gasteiger partial charge in [0.1, 0.15) is 16.9 Å². The van der Waals surface area contributed by atoms with Crippen molar-refractivity contribution in [3.8, 4) is 5.75 Å². The van der Waals surface area contributed by atoms with E-state index in [1.165, 1.54) is 6.07 Å². The SMILES string of the molecule is O=C(NCC1CCCO1)c1cc2ccc(O)cc2oc1=Nc1ccccc1. The lowest BCUT2D eigenvalue weighted by Gasteiger charge is -2.11. The van der Waals surface area contributed by atoms with E-state index in [1.807, 2.05) is 30.3 Å². The van der Waals surface area contributed by atoms with Gasteiger partial charge in [0.05, 0.1) is 11.8 Å². The minimum Gasteiger partial charge on any atom is -0.508 e. The molecule has 2 aromatic carbocycles. The fraction of sp³-hybridized carbons (Fsp3) is 0.238. The number of hydrogen-bond donors (Lipinski definition) is 2. The van der Waals surface area contributed by atoms with Crippen LogP contribution in [0, 0.1) is 0 Å². The number of nitrogens with one attached hydrogen (secondary N) is 1. The van der Waals surface area contributed by atoms with E-state index in [1.54, 1.807) is 18.2 Å². The number of phenols is 1. The number of rotatable bonds is 4. The highest BCUT2D eigenvalue weighted by atomic mass is 16.5. The summed E-state index contributed by atoms with van der Waals surface area (Å²) in [7, 11) is 0. The van der Waals surface area contributed by atoms with Crippen molar-refractivity contribution in [2.24, 2.45) is 4.99 Å². The Kier molecular flexibility index (Phi) is 4.89. The number of ether oxygens (including phenoxy) is 1. The molecule has 1 amide bonds. The Labute approximate surface area is 156 Å². The van der Waals surface area contributed by atoms with Crippen molar-refractivity contribution in [2.45, 2.75) is 18.9 Å². The highest BCUT2D eigenvalue weighted by Crippen LogP contribution is 2.20. The van der Waals surface area contributed by atoms with Gasteiger partial charge in [0.25, 0.3) is 5.91 Å². The molecular formula is C21H20N2O4. The molecule has 2 N–H and O–H groups in total. The number of aromatic hydroxyl groups is 1. The number of fused-ring (bicyclic) bond motifs is 1. The molecule has 1 unspecified atom stereocenters. The second kappa shape index (κ2) is 7.63. The van der Waals surface area contributed by atoms with Gasteiger partial charge >= 0.3 is 0 Å². The van der Waals surface area contributed by atoms with E-state index in [-0.39, 0.29) is 23.3 Å². The van der Waals surface area contributed by atoms with E-state index in [2.05, 4.69) is 10.3 Å². The van der Waals surface area contributed by atoms with Gasteiger partial charge in [-0.3, -0.25) is 4.79 Å². The van der Waals surface area contributed by atoms with Gasteiger partial charge in [-0.25, -0.2) is 4.99 Å². The van der Waals surface area contributed by atoms with Crippen LogP contribution in [0.5, 0.6) is 5.75 Å². The van der Waals surface area contributed by atoms with Crippen LogP contribution in [-0.2, 0) is 4.74 Å². The molecule has 1 atom stereocenters. The average molecular weight is 364 g/mol. The first-order valence-corrected chi connectivity index (χ1v) is 8.95. The first-order valence-electron chi connectivity index (χ1n) is 8.95. The zero-order valence-electron chi connectivity index (χ0n) is 14.7. The number of benzene rings is 2. The third-order valence-electron chi connectivity index (χ3n) is 4.48. The third kappa shape index (κ3) is 4.01. The maximum Gasteiger partial charge on any atom is 0.256 e. The molecule has 0 saturated carbocycles. The van der Waals surface area contributed by atoms with Gasteiger partial charge in [-0.05, 0) is 43.2 Å². The van der Waals surface area contributed by atoms with Gasteiger partial charge in [0, 0.05) is 24.6 Å². The molecule has 0 radical (unpaired) electrons. The summed E-state index contributed by atoms with van der Waals surface area (Å²) in [6, 6.07) is 15.8. The Hall–Kier alpha value is -3.12. The molecule has 1 aliphatic heterocycles. The van der Waals surface area contributed by atoms with Crippen LogP contribution in [0.4, 0.5) is 5.69 Å². The summed E-state index contributed by atoms with van der Waals surface area (Å²) in [6.07, 6.45) is 2.02. The molecular weight excluding hydrogens is 344 g/mol. The van der Waals surface area contributed by atoms with Crippen LogP contribution in [0.1, 0.15) is 23.2 Å². The molecule has 27 heavy (non-hydrogen) atoms. The lowest BCUT2D eigenvalue weighted by atomic mass is 10.1. The molecule has 6 heteroatoms. The number of amides is 1. The van der Waals surface area contributed by atoms with Crippen LogP contribution in [0.25, 0.3) is 11.0 Å². The van der Waals surface area contributed by atoms with Crippen LogP contribution in [0.15, 0.2) is 64.0 Å². The normalized spacial score (nSPS) is 17.3. The van der Waals surface area contributed by atoms with E-state index in [9.17, 15) is 9.90 Å². The number of nitrogens with zero attached hydrogens (tertiary/aromatic N) is 1. The lowest BCUT2D eigenvalue weighted by molar-refractivity contribution is 0.0854. The molecule has 1 saturated heterocycles. The van der Waals surface area contributed by atoms with E-state index >= 15 is 0 Å². The molecule has 0 spiro atoms. The van der Waals surface area contributed by atoms with Gasteiger partial charge in [0.15, 0.2) is 0 Å². The predicted octanol–water partition coefficient (Wildman–Crippen LogP) is 3.28. The van der Waals surface area contributed by atoms with Crippen molar-refractivity contribution in [1.29, 1.82) is 0 Å². The summed E-state index contributed by atoms with van der Waals surface area (Å²) in [5.74, 6) is -0.175. The maximum absolute atomic E-state index is 12.8. The minimum absolute atomic E-state index is 0.0535. The molecule has 138 valence electrons. The van der Waals surface area contributed by atoms with E-state index in [0.717, 1.165) is 19.4 Å². The molecule has 6 nitrogen and oxygen atoms in total. The zero-order valence-corrected chi connectivity index (χ0v) is 14.7. The summed E-state index contributed by atoms with van der Waals surface area (Å²) in [4.78, 5) is 17.3. The monoisotopic (exact) mass is 364 g/mol. The summed E-state index contributed by atoms with van der Waals surface area (Å²) in [6.45, 7) is 1.20. The largest absolute Gasteiger partial charge is 0.508 e. The van der Waals surface area contributed by atoms with Crippen molar-refractivity contribution in [1.82, 2.24) is 5.32 Å². The highest BCUT2D eigenvalue weighted by Gasteiger charge is 2.18. The summed E-state index contributed by atoms with van der Waals surface area (Å²) < 4.78 is 11.4. The second-order valence-corrected chi connectivity index (χ2v) is 6.48. The van der Waals surface area contributed by atoms with Gasteiger partial charge in [0.2, 0.25) is 5.55 Å². The molecule has 3 aromatic rings. The van der Waals surface area contributed by atoms with E-state index < -0.39 is 0 Å². The van der Waals surface area contributed by atoms with Crippen LogP contribution in [-0.4, -0.2) is 30.3 Å². The first kappa shape index (κ1) is 17.3. The van der Waals surface area contributed by atoms with Gasteiger partial charge in [-0.2, -0.15) is 0 Å². The maximum atomic E-state index is 12.8. The number of carbonyl (C=O) groups is 1. The van der Waals surface area contributed by atoms with Crippen LogP contribution in [0.3, 0.4) is 0 Å². The summed E-state index contributed by atoms with van der Waals surface area (Å²) in [5.41, 5.74) is 1.67. The van der Waals surface area contributed by atoms with E-state index in [0.29, 0.717) is 28.8 Å². The van der Waals surface area contributed by atoms with E-state index in [4.69, 9.17) is 9.15 Å². The topological polar surface area (TPSA) is 84.1 Å². The Bertz CT molecular complexity index is 1020. The van der Waals surface area contributed by atoms with Crippen molar-refractivity contribution in [3.63, 3.8) is 0 Å². The lowest BCUT2D eigenvalue weighted by Crippen LogP contribution is -2.34. The average Bonchev–Trinajstić information content (AvgIpc) is 3.20. The second-order valence-electron chi connectivity index (χ2n) is 6.48. The fourth-order valence-electron chi connectivity index (χ4n) is 3.08. The Morgan fingerprint density at radius 2 is 2.04 bits per heavy atom. The summed E-state index contributed by atoms with van der Waals surface area (Å²) >= 11 is 0. The molecule has 1 aromatic heterocycles. The number of hydrogen-bond acceptors (Lipinski definition) is 5. The van der Waals surface area contributed by atoms with Crippen molar-refractivity contribution >= 4 is 22.6 Å². The van der Waals surface area contributed by atoms with Crippen LogP contribution in [0.2, 0.25) is 0 Å². The number of para-hydroxylation sites is 1. The Morgan fingerprint density at radius 3 is 2.81 bits per heavy atom. The van der Waals surface area contributed by atoms with Crippen LogP contribution >= 0.6 is 0 Å². The highest BCUT2D eigenvalue weighted by molar-refractivity contribution is 5.96. The quantitative estimate of drug-likeness (QED) is 0.744. The molecule has 0 bridgehead atoms. The molecule has 4 rings (SSSR count). The molecule has 0 aliphatic carbocycles. The standard InChI is InChI=1S/C21H20N2O4/c24-16-9-8-14-11-18(20(25)22-13-17-7-4-10-26-17)21(27-19(14)12-16)23-15-5-2-1-3-6-15/h1-3,5-6,8-9,11-12,17,24H,4,7,10,13H2,(H,22,25). The molecule has 1 fully saturated rings. The Balaban J connectivity index is 1.74. The Morgan fingerprint density at radius 1 is 1.19 bits per heavy atom. The smallest absolute Gasteiger partial charge is 0.256 e. The van der Waals surface area contributed by atoms with Gasteiger partial charge < -0.3 is 19.6 Å². The van der Waals surface area contributed by atoms with Crippen molar-refractivity contribution < 1.29 is 19.1 Å². The third-order valence-corrected chi connectivity index (χ3v) is 4.48. The zero-order chi connectivity index (χ0) is 18.6. The number of phenolic OH excluding ortho intramolecular Hbond substituents is 1. The molecule has 1 aliphatic rings. The number of carbonyl (C=O) groups excluding carboxylic acids is 1. The van der Waals surface area contributed by atoms with Crippen LogP contribution < -0.4 is 10.9 Å². The van der Waals surface area contributed by atoms with Gasteiger partial charge in [-0.1, -0.05) is 18.2 Å². The van der Waals surface area contributed by atoms with Crippen molar-refractivity contribution in [2.75, 3.05) is 13.2 Å². The predicted molar refractivity (Wildman–Crippen MR) is 101 cm³/mol. The molecule has 2 heterocycles. The fourth-order valence-corrected chi connectivity index (χ4v) is 3.08. The van der Waals surface area contributed by atoms with Crippen molar-refractivity contribution in [3.05, 3.63) is 65.7 Å². The summed E-state index contributed by atoms with van der Waals surface area (Å²) in [5, 5.41) is 13.3. The first-order chi connectivity index (χ1) is 13.2.